The second kappa shape index (κ2) is 3.80. The molecule has 1 heterocycles. The SMILES string of the molecule is [B]CC(=O)c1ccc([N+](=O)[O-])nc1. The summed E-state index contributed by atoms with van der Waals surface area (Å²) >= 11 is 0. The van der Waals surface area contributed by atoms with E-state index in [1.54, 1.807) is 0 Å². The second-order valence-corrected chi connectivity index (χ2v) is 2.29. The van der Waals surface area contributed by atoms with Crippen LogP contribution in [0, 0.1) is 10.1 Å². The molecule has 0 N–H and O–H groups in total. The molecule has 0 bridgehead atoms. The maximum atomic E-state index is 11.0. The quantitative estimate of drug-likeness (QED) is 0.295. The van der Waals surface area contributed by atoms with E-state index in [9.17, 15) is 14.9 Å². The van der Waals surface area contributed by atoms with Crippen LogP contribution in [0.25, 0.3) is 0 Å². The second-order valence-electron chi connectivity index (χ2n) is 2.29. The fraction of sp³-hybridized carbons (Fsp3) is 0.143. The van der Waals surface area contributed by atoms with Gasteiger partial charge in [0, 0.05) is 6.07 Å². The molecule has 5 nitrogen and oxygen atoms in total. The first-order chi connectivity index (χ1) is 6.15. The molecule has 2 radical (unpaired) electrons. The van der Waals surface area contributed by atoms with Crippen LogP contribution in [0.15, 0.2) is 18.3 Å². The molecular formula is C7H5BN2O3. The van der Waals surface area contributed by atoms with Crippen molar-refractivity contribution in [2.75, 3.05) is 0 Å². The summed E-state index contributed by atoms with van der Waals surface area (Å²) in [6.45, 7) is 0. The maximum absolute atomic E-state index is 11.0. The molecule has 0 aromatic carbocycles. The molecule has 0 atom stereocenters. The van der Waals surface area contributed by atoms with Crippen LogP contribution in [0.3, 0.4) is 0 Å². The molecule has 0 spiro atoms. The fourth-order valence-corrected chi connectivity index (χ4v) is 0.777. The van der Waals surface area contributed by atoms with Crippen LogP contribution < -0.4 is 0 Å². The van der Waals surface area contributed by atoms with Gasteiger partial charge in [0.2, 0.25) is 0 Å². The molecule has 0 aliphatic carbocycles. The number of hydrogen-bond donors (Lipinski definition) is 0. The van der Waals surface area contributed by atoms with Gasteiger partial charge in [-0.1, -0.05) is 0 Å². The first-order valence-corrected chi connectivity index (χ1v) is 3.49. The van der Waals surface area contributed by atoms with Gasteiger partial charge in [-0.25, -0.2) is 0 Å². The monoisotopic (exact) mass is 176 g/mol. The lowest BCUT2D eigenvalue weighted by atomic mass is 9.97. The highest BCUT2D eigenvalue weighted by atomic mass is 16.6. The Bertz CT molecular complexity index is 336. The number of nitro groups is 1. The number of nitrogens with zero attached hydrogens (tertiary/aromatic N) is 2. The molecule has 0 amide bonds. The van der Waals surface area contributed by atoms with Crippen molar-refractivity contribution in [3.05, 3.63) is 34.0 Å². The zero-order chi connectivity index (χ0) is 9.84. The number of aromatic nitrogens is 1. The summed E-state index contributed by atoms with van der Waals surface area (Å²) in [5.74, 6) is -0.573. The zero-order valence-electron chi connectivity index (χ0n) is 6.64. The van der Waals surface area contributed by atoms with Crippen LogP contribution in [0.5, 0.6) is 0 Å². The van der Waals surface area contributed by atoms with E-state index in [4.69, 9.17) is 7.85 Å². The average Bonchev–Trinajstić information content (AvgIpc) is 2.17. The Labute approximate surface area is 75.3 Å². The van der Waals surface area contributed by atoms with Crippen molar-refractivity contribution in [2.45, 2.75) is 6.32 Å². The highest BCUT2D eigenvalue weighted by molar-refractivity contribution is 6.23. The maximum Gasteiger partial charge on any atom is 0.363 e. The largest absolute Gasteiger partial charge is 0.363 e. The molecule has 1 aromatic heterocycles. The molecule has 6 heteroatoms. The van der Waals surface area contributed by atoms with Crippen LogP contribution in [-0.2, 0) is 0 Å². The smallest absolute Gasteiger partial charge is 0.358 e. The average molecular weight is 176 g/mol. The van der Waals surface area contributed by atoms with Crippen molar-refractivity contribution in [1.29, 1.82) is 0 Å². The fourth-order valence-electron chi connectivity index (χ4n) is 0.777. The summed E-state index contributed by atoms with van der Waals surface area (Å²) in [5.41, 5.74) is 0.285. The van der Waals surface area contributed by atoms with Crippen LogP contribution in [0.1, 0.15) is 10.4 Å². The highest BCUT2D eigenvalue weighted by Crippen LogP contribution is 2.08. The summed E-state index contributed by atoms with van der Waals surface area (Å²) in [5, 5.41) is 10.2. The molecule has 0 saturated heterocycles. The number of carbonyl (C=O) groups excluding carboxylic acids is 1. The Morgan fingerprint density at radius 1 is 1.62 bits per heavy atom. The molecule has 1 rings (SSSR count). The number of carbonyl (C=O) groups is 1. The molecule has 0 aliphatic heterocycles. The van der Waals surface area contributed by atoms with Gasteiger partial charge in [0.05, 0.1) is 13.4 Å². The predicted octanol–water partition coefficient (Wildman–Crippen LogP) is 0.759. The van der Waals surface area contributed by atoms with Crippen molar-refractivity contribution in [3.8, 4) is 0 Å². The van der Waals surface area contributed by atoms with E-state index in [0.717, 1.165) is 6.20 Å². The summed E-state index contributed by atoms with van der Waals surface area (Å²) in [7, 11) is 5.09. The minimum absolute atomic E-state index is 0.126. The van der Waals surface area contributed by atoms with Gasteiger partial charge in [-0.05, 0) is 22.3 Å². The van der Waals surface area contributed by atoms with Crippen molar-refractivity contribution < 1.29 is 9.72 Å². The Kier molecular flexibility index (Phi) is 2.74. The minimum Gasteiger partial charge on any atom is -0.358 e. The van der Waals surface area contributed by atoms with Gasteiger partial charge in [0.15, 0.2) is 12.0 Å². The van der Waals surface area contributed by atoms with E-state index in [2.05, 4.69) is 4.98 Å². The molecule has 1 aromatic rings. The van der Waals surface area contributed by atoms with E-state index in [0.29, 0.717) is 0 Å². The predicted molar refractivity (Wildman–Crippen MR) is 45.8 cm³/mol. The van der Waals surface area contributed by atoms with E-state index in [-0.39, 0.29) is 23.5 Å². The minimum atomic E-state index is -0.628. The van der Waals surface area contributed by atoms with Gasteiger partial charge in [0.25, 0.3) is 0 Å². The van der Waals surface area contributed by atoms with E-state index in [1.807, 2.05) is 0 Å². The Balaban J connectivity index is 2.93. The van der Waals surface area contributed by atoms with Crippen molar-refractivity contribution >= 4 is 19.4 Å². The van der Waals surface area contributed by atoms with E-state index >= 15 is 0 Å². The lowest BCUT2D eigenvalue weighted by Gasteiger charge is -1.94. The third-order valence-corrected chi connectivity index (χ3v) is 1.44. The molecule has 0 fully saturated rings. The third kappa shape index (κ3) is 2.11. The number of pyridine rings is 1. The van der Waals surface area contributed by atoms with Crippen LogP contribution in [0.2, 0.25) is 6.32 Å². The van der Waals surface area contributed by atoms with Gasteiger partial charge < -0.3 is 10.1 Å². The number of ketones is 1. The topological polar surface area (TPSA) is 73.1 Å². The normalized spacial score (nSPS) is 9.54. The molecule has 64 valence electrons. The molecule has 13 heavy (non-hydrogen) atoms. The lowest BCUT2D eigenvalue weighted by molar-refractivity contribution is -0.389. The Morgan fingerprint density at radius 2 is 2.31 bits per heavy atom. The van der Waals surface area contributed by atoms with Crippen LogP contribution in [-0.4, -0.2) is 23.5 Å². The van der Waals surface area contributed by atoms with Crippen molar-refractivity contribution in [2.24, 2.45) is 0 Å². The Hall–Kier alpha value is -1.72. The molecular weight excluding hydrogens is 171 g/mol. The molecule has 0 aliphatic rings. The van der Waals surface area contributed by atoms with E-state index < -0.39 is 4.92 Å². The molecule has 0 unspecified atom stereocenters. The summed E-state index contributed by atoms with van der Waals surface area (Å²) in [6.07, 6.45) is 1.02. The molecule has 0 saturated carbocycles. The lowest BCUT2D eigenvalue weighted by Crippen LogP contribution is -1.99. The van der Waals surface area contributed by atoms with Gasteiger partial charge in [-0.15, -0.1) is 0 Å². The Morgan fingerprint density at radius 3 is 2.69 bits per heavy atom. The third-order valence-electron chi connectivity index (χ3n) is 1.44. The summed E-state index contributed by atoms with van der Waals surface area (Å²) in [6, 6.07) is 2.50. The van der Waals surface area contributed by atoms with Gasteiger partial charge in [-0.3, -0.25) is 4.79 Å². The van der Waals surface area contributed by atoms with Crippen LogP contribution >= 0.6 is 0 Å². The first kappa shape index (κ1) is 9.37. The van der Waals surface area contributed by atoms with Crippen molar-refractivity contribution in [1.82, 2.24) is 4.98 Å². The van der Waals surface area contributed by atoms with Gasteiger partial charge >= 0.3 is 5.82 Å². The van der Waals surface area contributed by atoms with Gasteiger partial charge in [-0.2, -0.15) is 0 Å². The number of rotatable bonds is 3. The summed E-state index contributed by atoms with van der Waals surface area (Å²) < 4.78 is 0. The summed E-state index contributed by atoms with van der Waals surface area (Å²) in [4.78, 5) is 24.0. The standard InChI is InChI=1S/C7H5BN2O3/c8-3-6(11)5-1-2-7(9-4-5)10(12)13/h1-2,4H,3H2. The van der Waals surface area contributed by atoms with Crippen LogP contribution in [0.4, 0.5) is 5.82 Å². The number of hydrogen-bond acceptors (Lipinski definition) is 4. The first-order valence-electron chi connectivity index (χ1n) is 3.49. The van der Waals surface area contributed by atoms with E-state index in [1.165, 1.54) is 12.1 Å². The van der Waals surface area contributed by atoms with Gasteiger partial charge in [0.1, 0.15) is 0 Å². The van der Waals surface area contributed by atoms with Crippen molar-refractivity contribution in [3.63, 3.8) is 0 Å². The zero-order valence-corrected chi connectivity index (χ0v) is 6.64. The highest BCUT2D eigenvalue weighted by Gasteiger charge is 2.09. The number of Topliss-reactive ketones (excluding diaryl/α,β-unsaturated/α-hetero) is 1.